The number of amides is 2. The molecule has 18 heteroatoms. The van der Waals surface area contributed by atoms with Crippen LogP contribution in [0.15, 0.2) is 21.8 Å². The fourth-order valence-electron chi connectivity index (χ4n) is 3.22. The zero-order valence-electron chi connectivity index (χ0n) is 19.2. The molecule has 0 bridgehead atoms. The number of thioether (sulfide) groups is 1. The minimum absolute atomic E-state index is 0. The zero-order chi connectivity index (χ0) is 25.9. The monoisotopic (exact) mass is 599 g/mol. The fraction of sp³-hybridized carbons (Fsp3) is 0.421. The number of carboxylic acids is 2. The lowest BCUT2D eigenvalue weighted by atomic mass is 10.0. The third kappa shape index (κ3) is 7.47. The van der Waals surface area contributed by atoms with Crippen LogP contribution in [0.25, 0.3) is 0 Å². The number of β-lactam (4-membered cyclic amide) rings is 1. The number of anilines is 1. The molecule has 2 aliphatic rings. The molecule has 0 radical (unpaired) electrons. The van der Waals surface area contributed by atoms with Crippen LogP contribution in [0.1, 0.15) is 26.0 Å². The second-order valence-electron chi connectivity index (χ2n) is 7.42. The average Bonchev–Trinajstić information content (AvgIpc) is 3.20. The highest BCUT2D eigenvalue weighted by Gasteiger charge is 2.54. The van der Waals surface area contributed by atoms with Crippen molar-refractivity contribution in [2.45, 2.75) is 37.8 Å². The molecular formula is C19H23Cl2N5O9S2. The Balaban J connectivity index is 0.00000342. The molecule has 3 unspecified atom stereocenters. The van der Waals surface area contributed by atoms with Gasteiger partial charge < -0.3 is 30.8 Å². The lowest BCUT2D eigenvalue weighted by Gasteiger charge is -2.49. The van der Waals surface area contributed by atoms with Gasteiger partial charge in [-0.2, -0.15) is 0 Å². The molecule has 3 heterocycles. The van der Waals surface area contributed by atoms with Crippen LogP contribution in [-0.2, 0) is 33.5 Å². The van der Waals surface area contributed by atoms with E-state index in [1.54, 1.807) is 0 Å². The third-order valence-corrected chi connectivity index (χ3v) is 6.77. The highest BCUT2D eigenvalue weighted by atomic mass is 35.5. The third-order valence-electron chi connectivity index (χ3n) is 4.75. The normalized spacial score (nSPS) is 19.4. The fourth-order valence-corrected chi connectivity index (χ4v) is 5.09. The van der Waals surface area contributed by atoms with Gasteiger partial charge in [0.15, 0.2) is 10.8 Å². The summed E-state index contributed by atoms with van der Waals surface area (Å²) < 4.78 is 4.88. The van der Waals surface area contributed by atoms with Crippen molar-refractivity contribution in [2.24, 2.45) is 5.16 Å². The maximum Gasteiger partial charge on any atom is 0.352 e. The van der Waals surface area contributed by atoms with E-state index in [0.29, 0.717) is 0 Å². The number of ether oxygens (including phenoxy) is 1. The number of hydrogen-bond acceptors (Lipinski definition) is 12. The van der Waals surface area contributed by atoms with Gasteiger partial charge in [0.2, 0.25) is 0 Å². The van der Waals surface area contributed by atoms with Gasteiger partial charge in [0.25, 0.3) is 11.8 Å². The summed E-state index contributed by atoms with van der Waals surface area (Å²) in [5.41, 5.74) is 5.33. The summed E-state index contributed by atoms with van der Waals surface area (Å²) in [6, 6.07) is -1.07. The van der Waals surface area contributed by atoms with Gasteiger partial charge in [-0.15, -0.1) is 47.9 Å². The Morgan fingerprint density at radius 2 is 2.00 bits per heavy atom. The number of carbonyl (C=O) groups is 5. The number of carbonyl (C=O) groups excluding carboxylic acids is 3. The zero-order valence-corrected chi connectivity index (χ0v) is 22.5. The molecule has 1 aromatic heterocycles. The smallest absolute Gasteiger partial charge is 0.352 e. The number of oxime groups is 1. The lowest BCUT2D eigenvalue weighted by molar-refractivity contribution is -0.150. The van der Waals surface area contributed by atoms with Crippen LogP contribution in [-0.4, -0.2) is 85.4 Å². The first-order valence-corrected chi connectivity index (χ1v) is 11.9. The number of halogens is 2. The maximum atomic E-state index is 13.0. The lowest BCUT2D eigenvalue weighted by Crippen LogP contribution is -2.71. The van der Waals surface area contributed by atoms with Gasteiger partial charge in [0.05, 0.1) is 6.42 Å². The van der Waals surface area contributed by atoms with Gasteiger partial charge in [0, 0.05) is 23.6 Å². The number of aromatic nitrogens is 1. The molecule has 0 saturated carbocycles. The minimum atomic E-state index is -1.36. The molecule has 1 aromatic rings. The van der Waals surface area contributed by atoms with E-state index in [2.05, 4.69) is 15.5 Å². The Morgan fingerprint density at radius 3 is 2.54 bits per heavy atom. The molecular weight excluding hydrogens is 577 g/mol. The van der Waals surface area contributed by atoms with E-state index in [-0.39, 0.29) is 71.4 Å². The highest BCUT2D eigenvalue weighted by Crippen LogP contribution is 2.40. The van der Waals surface area contributed by atoms with E-state index in [0.717, 1.165) is 16.2 Å². The summed E-state index contributed by atoms with van der Waals surface area (Å²) in [6.07, 6.45) is -1.23. The van der Waals surface area contributed by atoms with E-state index in [9.17, 15) is 29.1 Å². The van der Waals surface area contributed by atoms with E-state index in [4.69, 9.17) is 20.4 Å². The molecule has 14 nitrogen and oxygen atoms in total. The van der Waals surface area contributed by atoms with Crippen LogP contribution < -0.4 is 11.1 Å². The number of aliphatic carboxylic acids is 2. The summed E-state index contributed by atoms with van der Waals surface area (Å²) in [7, 11) is 0. The first-order valence-electron chi connectivity index (χ1n) is 10.0. The van der Waals surface area contributed by atoms with Crippen LogP contribution in [0.2, 0.25) is 0 Å². The van der Waals surface area contributed by atoms with Crippen molar-refractivity contribution in [3.05, 3.63) is 22.3 Å². The molecule has 1 fully saturated rings. The Hall–Kier alpha value is -3.08. The van der Waals surface area contributed by atoms with Crippen LogP contribution in [0.5, 0.6) is 0 Å². The molecule has 0 aliphatic carbocycles. The molecule has 3 rings (SSSR count). The number of fused-ring (bicyclic) bond motifs is 1. The van der Waals surface area contributed by atoms with Crippen molar-refractivity contribution >= 4 is 88.5 Å². The topological polar surface area (TPSA) is 211 Å². The number of rotatable bonds is 10. The number of nitrogens with zero attached hydrogens (tertiary/aromatic N) is 3. The Bertz CT molecular complexity index is 1140. The van der Waals surface area contributed by atoms with Gasteiger partial charge in [-0.1, -0.05) is 5.16 Å². The van der Waals surface area contributed by atoms with Crippen LogP contribution in [0, 0.1) is 0 Å². The largest absolute Gasteiger partial charge is 0.481 e. The quantitative estimate of drug-likeness (QED) is 0.125. The van der Waals surface area contributed by atoms with Crippen molar-refractivity contribution < 1.29 is 43.8 Å². The number of hydrogen-bond donors (Lipinski definition) is 4. The van der Waals surface area contributed by atoms with Gasteiger partial charge in [-0.25, -0.2) is 9.78 Å². The molecule has 0 aromatic carbocycles. The first kappa shape index (κ1) is 31.9. The van der Waals surface area contributed by atoms with Crippen LogP contribution in [0.4, 0.5) is 5.13 Å². The molecule has 3 atom stereocenters. The summed E-state index contributed by atoms with van der Waals surface area (Å²) in [6.45, 7) is 2.36. The van der Waals surface area contributed by atoms with Crippen LogP contribution >= 0.6 is 47.9 Å². The molecule has 204 valence electrons. The van der Waals surface area contributed by atoms with E-state index in [1.807, 2.05) is 0 Å². The molecule has 2 aliphatic heterocycles. The van der Waals surface area contributed by atoms with Gasteiger partial charge in [-0.3, -0.25) is 24.1 Å². The SMILES string of the molecule is CC(=O)OCC1=C(C(=O)O)N2C(=O)C(NC(=O)/C(=N\OC(C)CC(=O)O)c3csc(N)n3)C2SC1.Cl.Cl. The van der Waals surface area contributed by atoms with E-state index in [1.165, 1.54) is 31.0 Å². The Kier molecular flexibility index (Phi) is 11.6. The van der Waals surface area contributed by atoms with Crippen molar-refractivity contribution in [3.63, 3.8) is 0 Å². The van der Waals surface area contributed by atoms with Crippen molar-refractivity contribution in [2.75, 3.05) is 18.1 Å². The Morgan fingerprint density at radius 1 is 1.32 bits per heavy atom. The van der Waals surface area contributed by atoms with Gasteiger partial charge in [-0.05, 0) is 6.92 Å². The van der Waals surface area contributed by atoms with Crippen molar-refractivity contribution in [1.82, 2.24) is 15.2 Å². The van der Waals surface area contributed by atoms with E-state index >= 15 is 0 Å². The molecule has 5 N–H and O–H groups in total. The highest BCUT2D eigenvalue weighted by molar-refractivity contribution is 8.00. The standard InChI is InChI=1S/C19H21N5O9S2.2ClH/c1-7(3-11(26)27)33-23-12(10-6-35-19(20)21-10)15(28)22-13-16(29)24-14(18(30)31)9(4-32-8(2)25)5-34-17(13)24;;/h6-7,13,17H,3-5H2,1-2H3,(H2,20,21)(H,22,28)(H,26,27)(H,30,31);2*1H/b23-12-;;. The summed E-state index contributed by atoms with van der Waals surface area (Å²) in [5.74, 6) is -4.44. The predicted octanol–water partition coefficient (Wildman–Crippen LogP) is 0.454. The summed E-state index contributed by atoms with van der Waals surface area (Å²) >= 11 is 2.22. The predicted molar refractivity (Wildman–Crippen MR) is 137 cm³/mol. The number of esters is 1. The number of nitrogens with two attached hydrogens (primary N) is 1. The number of nitrogens with one attached hydrogen (secondary N) is 1. The summed E-state index contributed by atoms with van der Waals surface area (Å²) in [5, 5.41) is 25.6. The minimum Gasteiger partial charge on any atom is -0.481 e. The molecule has 37 heavy (non-hydrogen) atoms. The Labute approximate surface area is 230 Å². The van der Waals surface area contributed by atoms with Crippen LogP contribution in [0.3, 0.4) is 0 Å². The number of nitrogen functional groups attached to an aromatic ring is 1. The average molecular weight is 600 g/mol. The van der Waals surface area contributed by atoms with Crippen molar-refractivity contribution in [3.8, 4) is 0 Å². The summed E-state index contributed by atoms with van der Waals surface area (Å²) in [4.78, 5) is 69.7. The first-order chi connectivity index (χ1) is 16.5. The second-order valence-corrected chi connectivity index (χ2v) is 9.42. The van der Waals surface area contributed by atoms with E-state index < -0.39 is 47.2 Å². The number of carboxylic acid groups (broad SMARTS) is 2. The van der Waals surface area contributed by atoms with Gasteiger partial charge in [0.1, 0.15) is 35.5 Å². The molecule has 2 amide bonds. The second kappa shape index (κ2) is 13.5. The van der Waals surface area contributed by atoms with Crippen molar-refractivity contribution in [1.29, 1.82) is 0 Å². The number of thiazole rings is 1. The maximum absolute atomic E-state index is 13.0. The van der Waals surface area contributed by atoms with Gasteiger partial charge >= 0.3 is 17.9 Å². The molecule has 0 spiro atoms. The molecule has 1 saturated heterocycles.